The summed E-state index contributed by atoms with van der Waals surface area (Å²) in [6.07, 6.45) is 0. The van der Waals surface area contributed by atoms with E-state index in [-0.39, 0.29) is 10.2 Å². The molecule has 2 aromatic rings. The van der Waals surface area contributed by atoms with Crippen LogP contribution in [0.4, 0.5) is 10.5 Å². The van der Waals surface area contributed by atoms with Gasteiger partial charge < -0.3 is 10.6 Å². The molecule has 4 N–H and O–H groups in total. The third-order valence-electron chi connectivity index (χ3n) is 2.39. The molecule has 2 rings (SSSR count). The number of hydrogen-bond acceptors (Lipinski definition) is 5. The Morgan fingerprint density at radius 2 is 1.86 bits per heavy atom. The van der Waals surface area contributed by atoms with Crippen LogP contribution in [0.15, 0.2) is 49.7 Å². The van der Waals surface area contributed by atoms with Gasteiger partial charge in [0.05, 0.1) is 4.21 Å². The van der Waals surface area contributed by atoms with Gasteiger partial charge in [-0.25, -0.2) is 18.4 Å². The third-order valence-corrected chi connectivity index (χ3v) is 6.06. The summed E-state index contributed by atoms with van der Waals surface area (Å²) >= 11 is 2.55. The number of hydrogen-bond donors (Lipinski definition) is 3. The highest BCUT2D eigenvalue weighted by molar-refractivity contribution is 8.01. The van der Waals surface area contributed by atoms with Gasteiger partial charge in [-0.3, -0.25) is 0 Å². The summed E-state index contributed by atoms with van der Waals surface area (Å²) in [5, 5.41) is 10.2. The van der Waals surface area contributed by atoms with E-state index in [1.165, 1.54) is 17.8 Å². The van der Waals surface area contributed by atoms with Gasteiger partial charge in [0.1, 0.15) is 4.21 Å². The summed E-state index contributed by atoms with van der Waals surface area (Å²) in [6, 6.07) is 10.1. The van der Waals surface area contributed by atoms with Gasteiger partial charge in [0, 0.05) is 17.6 Å². The molecule has 21 heavy (non-hydrogen) atoms. The zero-order valence-electron chi connectivity index (χ0n) is 11.0. The van der Waals surface area contributed by atoms with E-state index in [0.29, 0.717) is 5.69 Å². The molecule has 1 aromatic heterocycles. The number of benzene rings is 1. The zero-order valence-corrected chi connectivity index (χ0v) is 13.4. The van der Waals surface area contributed by atoms with E-state index in [0.717, 1.165) is 20.4 Å². The third kappa shape index (κ3) is 4.46. The van der Waals surface area contributed by atoms with Crippen molar-refractivity contribution in [2.24, 2.45) is 5.14 Å². The van der Waals surface area contributed by atoms with Crippen LogP contribution in [-0.2, 0) is 10.0 Å². The Morgan fingerprint density at radius 1 is 1.19 bits per heavy atom. The van der Waals surface area contributed by atoms with Crippen molar-refractivity contribution < 1.29 is 13.2 Å². The Kier molecular flexibility index (Phi) is 4.88. The maximum Gasteiger partial charge on any atom is 0.318 e. The molecule has 0 saturated carbocycles. The van der Waals surface area contributed by atoms with Crippen LogP contribution in [0, 0.1) is 0 Å². The maximum absolute atomic E-state index is 11.2. The molecular weight excluding hydrogens is 330 g/mol. The van der Waals surface area contributed by atoms with Crippen LogP contribution in [0.1, 0.15) is 0 Å². The number of nitrogens with one attached hydrogen (secondary N) is 2. The molecular formula is C12H13N3O3S3. The molecule has 2 amide bonds. The first-order valence-corrected chi connectivity index (χ1v) is 8.96. The largest absolute Gasteiger partial charge is 0.341 e. The van der Waals surface area contributed by atoms with Crippen molar-refractivity contribution in [3.8, 4) is 0 Å². The fourth-order valence-electron chi connectivity index (χ4n) is 1.43. The number of anilines is 1. The Bertz CT molecular complexity index is 739. The molecule has 0 spiro atoms. The maximum atomic E-state index is 11.2. The average molecular weight is 343 g/mol. The number of thiophene rings is 1. The number of carbonyl (C=O) groups excluding carboxylic acids is 1. The lowest BCUT2D eigenvalue weighted by atomic mass is 10.3. The molecule has 0 aliphatic heterocycles. The minimum absolute atomic E-state index is 0.142. The van der Waals surface area contributed by atoms with Gasteiger partial charge in [-0.1, -0.05) is 11.8 Å². The first kappa shape index (κ1) is 15.8. The Balaban J connectivity index is 2.07. The quantitative estimate of drug-likeness (QED) is 0.793. The van der Waals surface area contributed by atoms with E-state index in [4.69, 9.17) is 5.14 Å². The summed E-state index contributed by atoms with van der Waals surface area (Å²) in [5.41, 5.74) is 0.676. The number of urea groups is 1. The summed E-state index contributed by atoms with van der Waals surface area (Å²) in [7, 11) is -2.11. The second kappa shape index (κ2) is 6.48. The predicted molar refractivity (Wildman–Crippen MR) is 84.3 cm³/mol. The highest BCUT2D eigenvalue weighted by atomic mass is 32.3. The summed E-state index contributed by atoms with van der Waals surface area (Å²) in [4.78, 5) is 12.1. The number of amides is 2. The minimum Gasteiger partial charge on any atom is -0.341 e. The Hall–Kier alpha value is -1.55. The monoisotopic (exact) mass is 343 g/mol. The van der Waals surface area contributed by atoms with Gasteiger partial charge in [-0.15, -0.1) is 11.3 Å². The lowest BCUT2D eigenvalue weighted by Crippen LogP contribution is -2.24. The van der Waals surface area contributed by atoms with Crippen LogP contribution in [0.2, 0.25) is 0 Å². The van der Waals surface area contributed by atoms with Crippen molar-refractivity contribution in [2.75, 3.05) is 12.4 Å². The molecule has 112 valence electrons. The second-order valence-electron chi connectivity index (χ2n) is 3.95. The second-order valence-corrected chi connectivity index (χ2v) is 8.19. The van der Waals surface area contributed by atoms with E-state index in [9.17, 15) is 13.2 Å². The molecule has 0 unspecified atom stereocenters. The van der Waals surface area contributed by atoms with E-state index < -0.39 is 10.0 Å². The molecule has 0 atom stereocenters. The van der Waals surface area contributed by atoms with Gasteiger partial charge in [-0.05, 0) is 36.4 Å². The summed E-state index contributed by atoms with van der Waals surface area (Å²) < 4.78 is 23.4. The fraction of sp³-hybridized carbons (Fsp3) is 0.0833. The summed E-state index contributed by atoms with van der Waals surface area (Å²) in [6.45, 7) is 0. The van der Waals surface area contributed by atoms with Crippen LogP contribution in [0.25, 0.3) is 0 Å². The fourth-order valence-corrected chi connectivity index (χ4v) is 4.41. The van der Waals surface area contributed by atoms with Crippen LogP contribution >= 0.6 is 23.1 Å². The molecule has 0 bridgehead atoms. The van der Waals surface area contributed by atoms with E-state index in [1.54, 1.807) is 25.2 Å². The molecule has 6 nitrogen and oxygen atoms in total. The first-order chi connectivity index (χ1) is 9.88. The number of carbonyl (C=O) groups is 1. The molecule has 0 fully saturated rings. The van der Waals surface area contributed by atoms with Gasteiger partial charge in [0.15, 0.2) is 0 Å². The summed E-state index contributed by atoms with van der Waals surface area (Å²) in [5.74, 6) is 0. The minimum atomic E-state index is -3.65. The number of sulfonamides is 1. The predicted octanol–water partition coefficient (Wildman–Crippen LogP) is 2.30. The van der Waals surface area contributed by atoms with E-state index >= 15 is 0 Å². The van der Waals surface area contributed by atoms with Crippen LogP contribution in [0.3, 0.4) is 0 Å². The Labute approximate surface area is 130 Å². The number of rotatable bonds is 4. The smallest absolute Gasteiger partial charge is 0.318 e. The molecule has 0 radical (unpaired) electrons. The normalized spacial score (nSPS) is 11.1. The lowest BCUT2D eigenvalue weighted by Gasteiger charge is -2.05. The van der Waals surface area contributed by atoms with Crippen molar-refractivity contribution in [1.82, 2.24) is 5.32 Å². The van der Waals surface area contributed by atoms with Crippen molar-refractivity contribution in [3.63, 3.8) is 0 Å². The van der Waals surface area contributed by atoms with Crippen molar-refractivity contribution in [1.29, 1.82) is 0 Å². The topological polar surface area (TPSA) is 101 Å². The van der Waals surface area contributed by atoms with Crippen LogP contribution in [-0.4, -0.2) is 21.5 Å². The highest BCUT2D eigenvalue weighted by Gasteiger charge is 2.11. The zero-order chi connectivity index (χ0) is 15.5. The van der Waals surface area contributed by atoms with Gasteiger partial charge in [0.25, 0.3) is 0 Å². The van der Waals surface area contributed by atoms with Crippen molar-refractivity contribution in [2.45, 2.75) is 13.3 Å². The molecule has 0 aliphatic carbocycles. The SMILES string of the molecule is CNC(=O)Nc1ccc(Sc2ccc(S(N)(=O)=O)s2)cc1. The molecule has 1 heterocycles. The average Bonchev–Trinajstić information content (AvgIpc) is 2.89. The van der Waals surface area contributed by atoms with Crippen molar-refractivity contribution >= 4 is 44.8 Å². The van der Waals surface area contributed by atoms with E-state index in [2.05, 4.69) is 10.6 Å². The van der Waals surface area contributed by atoms with Gasteiger partial charge in [0.2, 0.25) is 10.0 Å². The van der Waals surface area contributed by atoms with Gasteiger partial charge in [-0.2, -0.15) is 0 Å². The molecule has 0 aliphatic rings. The number of nitrogens with two attached hydrogens (primary N) is 1. The number of primary sulfonamides is 1. The first-order valence-electron chi connectivity index (χ1n) is 5.78. The van der Waals surface area contributed by atoms with Crippen LogP contribution < -0.4 is 15.8 Å². The molecule has 0 saturated heterocycles. The van der Waals surface area contributed by atoms with Gasteiger partial charge >= 0.3 is 6.03 Å². The van der Waals surface area contributed by atoms with Crippen LogP contribution in [0.5, 0.6) is 0 Å². The van der Waals surface area contributed by atoms with Crippen molar-refractivity contribution in [3.05, 3.63) is 36.4 Å². The highest BCUT2D eigenvalue weighted by Crippen LogP contribution is 2.35. The Morgan fingerprint density at radius 3 is 2.38 bits per heavy atom. The lowest BCUT2D eigenvalue weighted by molar-refractivity contribution is 0.254. The molecule has 9 heteroatoms. The van der Waals surface area contributed by atoms with E-state index in [1.807, 2.05) is 12.1 Å². The molecule has 1 aromatic carbocycles. The standard InChI is InChI=1S/C12H13N3O3S3/c1-14-12(16)15-8-2-4-9(5-3-8)19-10-6-7-11(20-10)21(13,17)18/h2-7H,1H3,(H2,13,17,18)(H2,14,15,16).